The summed E-state index contributed by atoms with van der Waals surface area (Å²) >= 11 is 0. The maximum atomic E-state index is 12.9. The molecular weight excluding hydrogens is 829 g/mol. The molecule has 0 amide bonds. The van der Waals surface area contributed by atoms with Crippen molar-refractivity contribution in [3.8, 4) is 0 Å². The summed E-state index contributed by atoms with van der Waals surface area (Å²) < 4.78 is 16.9. The Hall–Kier alpha value is -1.59. The molecule has 67 heavy (non-hydrogen) atoms. The van der Waals surface area contributed by atoms with Gasteiger partial charge in [0, 0.05) is 19.3 Å². The van der Waals surface area contributed by atoms with Gasteiger partial charge in [-0.3, -0.25) is 14.4 Å². The first-order valence-electron chi connectivity index (χ1n) is 30.1. The maximum absolute atomic E-state index is 12.9. The number of hydrogen-bond acceptors (Lipinski definition) is 6. The van der Waals surface area contributed by atoms with Gasteiger partial charge in [-0.05, 0) is 37.0 Å². The van der Waals surface area contributed by atoms with Gasteiger partial charge >= 0.3 is 17.9 Å². The number of esters is 3. The van der Waals surface area contributed by atoms with Gasteiger partial charge in [0.2, 0.25) is 0 Å². The van der Waals surface area contributed by atoms with Crippen molar-refractivity contribution in [2.45, 2.75) is 343 Å². The van der Waals surface area contributed by atoms with Crippen LogP contribution in [-0.2, 0) is 28.6 Å². The molecule has 0 aromatic carbocycles. The topological polar surface area (TPSA) is 78.9 Å². The van der Waals surface area contributed by atoms with Crippen LogP contribution in [0.3, 0.4) is 0 Å². The average molecular weight is 948 g/mol. The fourth-order valence-electron chi connectivity index (χ4n) is 9.32. The molecule has 0 radical (unpaired) electrons. The van der Waals surface area contributed by atoms with Crippen LogP contribution in [0.1, 0.15) is 337 Å². The minimum atomic E-state index is -0.764. The van der Waals surface area contributed by atoms with Gasteiger partial charge in [-0.15, -0.1) is 0 Å². The number of carbonyl (C=O) groups excluding carboxylic acids is 3. The van der Waals surface area contributed by atoms with Crippen LogP contribution in [0, 0.1) is 17.8 Å². The highest BCUT2D eigenvalue weighted by molar-refractivity contribution is 5.71. The summed E-state index contributed by atoms with van der Waals surface area (Å²) in [5.74, 6) is 1.71. The second-order valence-corrected chi connectivity index (χ2v) is 22.2. The fourth-order valence-corrected chi connectivity index (χ4v) is 9.32. The summed E-state index contributed by atoms with van der Waals surface area (Å²) in [6.45, 7) is 13.8. The van der Waals surface area contributed by atoms with E-state index >= 15 is 0 Å². The van der Waals surface area contributed by atoms with Crippen molar-refractivity contribution in [1.82, 2.24) is 0 Å². The first-order chi connectivity index (χ1) is 32.6. The Morgan fingerprint density at radius 1 is 0.299 bits per heavy atom. The Kier molecular flexibility index (Phi) is 51.0. The molecule has 0 aliphatic carbocycles. The highest BCUT2D eigenvalue weighted by Crippen LogP contribution is 2.19. The standard InChI is InChI=1S/C61H118O6/c1-7-57(6)49-43-37-31-25-19-15-12-13-16-20-26-32-38-44-50-59(62)65-53-58(54-66-60(63)51-45-39-33-28-22-24-30-36-42-48-56(4)5)67-61(64)52-46-40-34-27-21-17-11-9-8-10-14-18-23-29-35-41-47-55(2)3/h55-58H,7-54H2,1-6H3/t57?,58-/m1/s1. The third-order valence-corrected chi connectivity index (χ3v) is 14.3. The third kappa shape index (κ3) is 53.6. The van der Waals surface area contributed by atoms with Crippen LogP contribution >= 0.6 is 0 Å². The molecule has 6 heteroatoms. The normalized spacial score (nSPS) is 12.5. The molecular formula is C61H118O6. The van der Waals surface area contributed by atoms with Crippen LogP contribution in [-0.4, -0.2) is 37.2 Å². The molecule has 2 atom stereocenters. The second kappa shape index (κ2) is 52.2. The van der Waals surface area contributed by atoms with E-state index in [1.54, 1.807) is 0 Å². The summed E-state index contributed by atoms with van der Waals surface area (Å²) in [4.78, 5) is 38.2. The van der Waals surface area contributed by atoms with E-state index < -0.39 is 6.10 Å². The summed E-state index contributed by atoms with van der Waals surface area (Å²) in [5, 5.41) is 0. The Bertz CT molecular complexity index is 1040. The molecule has 0 aromatic heterocycles. The van der Waals surface area contributed by atoms with Gasteiger partial charge in [-0.2, -0.15) is 0 Å². The summed E-state index contributed by atoms with van der Waals surface area (Å²) in [5.41, 5.74) is 0. The van der Waals surface area contributed by atoms with Gasteiger partial charge in [0.1, 0.15) is 13.2 Å². The zero-order chi connectivity index (χ0) is 49.1. The summed E-state index contributed by atoms with van der Waals surface area (Å²) in [6, 6.07) is 0. The summed E-state index contributed by atoms with van der Waals surface area (Å²) in [7, 11) is 0. The van der Waals surface area contributed by atoms with E-state index in [0.717, 1.165) is 75.5 Å². The quantitative estimate of drug-likeness (QED) is 0.0343. The molecule has 6 nitrogen and oxygen atoms in total. The number of hydrogen-bond donors (Lipinski definition) is 0. The minimum absolute atomic E-state index is 0.0634. The predicted molar refractivity (Wildman–Crippen MR) is 289 cm³/mol. The molecule has 398 valence electrons. The van der Waals surface area contributed by atoms with Crippen molar-refractivity contribution in [1.29, 1.82) is 0 Å². The predicted octanol–water partition coefficient (Wildman–Crippen LogP) is 19.9. The fraction of sp³-hybridized carbons (Fsp3) is 0.951. The number of carbonyl (C=O) groups is 3. The lowest BCUT2D eigenvalue weighted by Crippen LogP contribution is -2.30. The molecule has 0 bridgehead atoms. The molecule has 1 unspecified atom stereocenters. The van der Waals surface area contributed by atoms with E-state index in [0.29, 0.717) is 19.3 Å². The maximum Gasteiger partial charge on any atom is 0.306 e. The van der Waals surface area contributed by atoms with Crippen molar-refractivity contribution >= 4 is 17.9 Å². The smallest absolute Gasteiger partial charge is 0.306 e. The number of unbranched alkanes of at least 4 members (excludes halogenated alkanes) is 36. The lowest BCUT2D eigenvalue weighted by Gasteiger charge is -2.18. The molecule has 0 N–H and O–H groups in total. The Labute approximate surface area is 418 Å². The first kappa shape index (κ1) is 65.4. The van der Waals surface area contributed by atoms with E-state index in [1.807, 2.05) is 0 Å². The molecule has 0 aliphatic rings. The van der Waals surface area contributed by atoms with Crippen LogP contribution < -0.4 is 0 Å². The number of rotatable bonds is 54. The van der Waals surface area contributed by atoms with Crippen LogP contribution in [0.5, 0.6) is 0 Å². The van der Waals surface area contributed by atoms with E-state index in [4.69, 9.17) is 14.2 Å². The minimum Gasteiger partial charge on any atom is -0.462 e. The Morgan fingerprint density at radius 2 is 0.522 bits per heavy atom. The second-order valence-electron chi connectivity index (χ2n) is 22.2. The number of ether oxygens (including phenoxy) is 3. The molecule has 0 heterocycles. The van der Waals surface area contributed by atoms with Gasteiger partial charge in [-0.25, -0.2) is 0 Å². The molecule has 0 rings (SSSR count). The highest BCUT2D eigenvalue weighted by Gasteiger charge is 2.19. The monoisotopic (exact) mass is 947 g/mol. The zero-order valence-corrected chi connectivity index (χ0v) is 46.2. The van der Waals surface area contributed by atoms with E-state index in [-0.39, 0.29) is 31.1 Å². The van der Waals surface area contributed by atoms with Crippen molar-refractivity contribution in [3.63, 3.8) is 0 Å². The van der Waals surface area contributed by atoms with Crippen molar-refractivity contribution in [2.75, 3.05) is 13.2 Å². The Balaban J connectivity index is 4.27. The molecule has 0 saturated carbocycles. The van der Waals surface area contributed by atoms with Crippen LogP contribution in [0.15, 0.2) is 0 Å². The van der Waals surface area contributed by atoms with Crippen molar-refractivity contribution in [3.05, 3.63) is 0 Å². The van der Waals surface area contributed by atoms with Crippen LogP contribution in [0.2, 0.25) is 0 Å². The van der Waals surface area contributed by atoms with Gasteiger partial charge in [-0.1, -0.05) is 298 Å². The molecule has 0 spiro atoms. The molecule has 0 aromatic rings. The van der Waals surface area contributed by atoms with Gasteiger partial charge in [0.25, 0.3) is 0 Å². The lowest BCUT2D eigenvalue weighted by atomic mass is 9.99. The van der Waals surface area contributed by atoms with E-state index in [2.05, 4.69) is 41.5 Å². The van der Waals surface area contributed by atoms with Crippen LogP contribution in [0.25, 0.3) is 0 Å². The van der Waals surface area contributed by atoms with Crippen molar-refractivity contribution < 1.29 is 28.6 Å². The van der Waals surface area contributed by atoms with E-state index in [1.165, 1.54) is 218 Å². The largest absolute Gasteiger partial charge is 0.462 e. The lowest BCUT2D eigenvalue weighted by molar-refractivity contribution is -0.167. The van der Waals surface area contributed by atoms with Gasteiger partial charge in [0.05, 0.1) is 0 Å². The molecule has 0 saturated heterocycles. The zero-order valence-electron chi connectivity index (χ0n) is 46.2. The van der Waals surface area contributed by atoms with E-state index in [9.17, 15) is 14.4 Å². The first-order valence-corrected chi connectivity index (χ1v) is 30.1. The third-order valence-electron chi connectivity index (χ3n) is 14.3. The summed E-state index contributed by atoms with van der Waals surface area (Å²) in [6.07, 6.45) is 55.2. The Morgan fingerprint density at radius 3 is 0.776 bits per heavy atom. The van der Waals surface area contributed by atoms with Crippen LogP contribution in [0.4, 0.5) is 0 Å². The highest BCUT2D eigenvalue weighted by atomic mass is 16.6. The van der Waals surface area contributed by atoms with Crippen molar-refractivity contribution in [2.24, 2.45) is 17.8 Å². The SMILES string of the molecule is CCC(C)CCCCCCCCCCCCCCCCC(=O)OC[C@H](COC(=O)CCCCCCCCCCCC(C)C)OC(=O)CCCCCCCCCCCCCCCCCCC(C)C. The van der Waals surface area contributed by atoms with Gasteiger partial charge in [0.15, 0.2) is 6.10 Å². The molecule has 0 fully saturated rings. The van der Waals surface area contributed by atoms with Gasteiger partial charge < -0.3 is 14.2 Å². The average Bonchev–Trinajstić information content (AvgIpc) is 3.30. The molecule has 0 aliphatic heterocycles.